The Morgan fingerprint density at radius 2 is 2.03 bits per heavy atom. The monoisotopic (exact) mass is 456 g/mol. The minimum Gasteiger partial charge on any atom is -0.497 e. The summed E-state index contributed by atoms with van der Waals surface area (Å²) in [5.74, 6) is 0.666. The first-order valence-electron chi connectivity index (χ1n) is 10.3. The molecule has 1 amide bonds. The molecule has 1 unspecified atom stereocenters. The van der Waals surface area contributed by atoms with Crippen LogP contribution in [0.1, 0.15) is 40.8 Å². The van der Waals surface area contributed by atoms with Crippen molar-refractivity contribution in [3.8, 4) is 17.0 Å². The summed E-state index contributed by atoms with van der Waals surface area (Å²) in [4.78, 5) is 19.1. The highest BCUT2D eigenvalue weighted by atomic mass is 19.4. The van der Waals surface area contributed by atoms with Gasteiger partial charge in [0.2, 0.25) is 0 Å². The molecule has 0 radical (unpaired) electrons. The zero-order valence-electron chi connectivity index (χ0n) is 17.5. The molecular weight excluding hydrogens is 437 g/mol. The van der Waals surface area contributed by atoms with Crippen molar-refractivity contribution in [3.63, 3.8) is 0 Å². The number of methoxy groups -OCH3 is 1. The van der Waals surface area contributed by atoms with Crippen LogP contribution in [0.25, 0.3) is 16.9 Å². The summed E-state index contributed by atoms with van der Waals surface area (Å²) < 4.78 is 53.0. The lowest BCUT2D eigenvalue weighted by Gasteiger charge is -2.22. The summed E-state index contributed by atoms with van der Waals surface area (Å²) >= 11 is 0. The number of hydrogen-bond acceptors (Lipinski definition) is 5. The minimum atomic E-state index is -4.70. The van der Waals surface area contributed by atoms with Gasteiger partial charge >= 0.3 is 6.18 Å². The normalized spacial score (nSPS) is 16.5. The second kappa shape index (κ2) is 7.95. The van der Waals surface area contributed by atoms with Gasteiger partial charge < -0.3 is 14.1 Å². The number of carbonyl (C=O) groups excluding carboxylic acids is 1. The number of nitrogens with zero attached hydrogens (tertiary/aromatic N) is 4. The second-order valence-electron chi connectivity index (χ2n) is 7.73. The van der Waals surface area contributed by atoms with E-state index in [2.05, 4.69) is 10.1 Å². The fourth-order valence-corrected chi connectivity index (χ4v) is 4.14. The number of hydrogen-bond donors (Lipinski definition) is 0. The van der Waals surface area contributed by atoms with E-state index in [1.54, 1.807) is 41.3 Å². The van der Waals surface area contributed by atoms with Crippen molar-refractivity contribution in [1.29, 1.82) is 0 Å². The number of furan rings is 1. The van der Waals surface area contributed by atoms with Crippen LogP contribution in [0.15, 0.2) is 59.2 Å². The highest BCUT2D eigenvalue weighted by molar-refractivity contribution is 5.94. The number of ether oxygens (including phenoxy) is 1. The second-order valence-corrected chi connectivity index (χ2v) is 7.73. The molecule has 4 aromatic rings. The van der Waals surface area contributed by atoms with E-state index in [0.29, 0.717) is 34.6 Å². The Kier molecular flexibility index (Phi) is 5.07. The molecule has 4 heterocycles. The molecule has 1 aliphatic rings. The molecule has 10 heteroatoms. The lowest BCUT2D eigenvalue weighted by molar-refractivity contribution is -0.142. The summed E-state index contributed by atoms with van der Waals surface area (Å²) in [5, 5.41) is 4.00. The average Bonchev–Trinajstić information content (AvgIpc) is 3.57. The largest absolute Gasteiger partial charge is 0.497 e. The first-order valence-corrected chi connectivity index (χ1v) is 10.3. The van der Waals surface area contributed by atoms with Crippen LogP contribution in [-0.4, -0.2) is 39.1 Å². The van der Waals surface area contributed by atoms with Crippen LogP contribution in [-0.2, 0) is 6.18 Å². The van der Waals surface area contributed by atoms with Gasteiger partial charge in [-0.05, 0) is 43.2 Å². The average molecular weight is 456 g/mol. The highest BCUT2D eigenvalue weighted by Gasteiger charge is 2.37. The van der Waals surface area contributed by atoms with Crippen molar-refractivity contribution in [1.82, 2.24) is 19.5 Å². The van der Waals surface area contributed by atoms with E-state index in [1.165, 1.54) is 19.4 Å². The molecule has 1 saturated heterocycles. The van der Waals surface area contributed by atoms with Crippen LogP contribution in [0.2, 0.25) is 0 Å². The lowest BCUT2D eigenvalue weighted by Crippen LogP contribution is -2.30. The van der Waals surface area contributed by atoms with Gasteiger partial charge in [-0.1, -0.05) is 12.1 Å². The van der Waals surface area contributed by atoms with Gasteiger partial charge in [-0.25, -0.2) is 9.50 Å². The zero-order chi connectivity index (χ0) is 23.2. The Hall–Kier alpha value is -3.82. The summed E-state index contributed by atoms with van der Waals surface area (Å²) in [7, 11) is 1.47. The van der Waals surface area contributed by atoms with Gasteiger partial charge in [0, 0.05) is 18.2 Å². The Balaban J connectivity index is 1.58. The van der Waals surface area contributed by atoms with Crippen LogP contribution < -0.4 is 4.74 Å². The third-order valence-corrected chi connectivity index (χ3v) is 5.69. The van der Waals surface area contributed by atoms with Crippen LogP contribution in [0.5, 0.6) is 5.75 Å². The quantitative estimate of drug-likeness (QED) is 0.433. The van der Waals surface area contributed by atoms with Crippen LogP contribution in [0.3, 0.4) is 0 Å². The Morgan fingerprint density at radius 3 is 2.76 bits per heavy atom. The third kappa shape index (κ3) is 3.81. The summed E-state index contributed by atoms with van der Waals surface area (Å²) in [6.07, 6.45) is -1.71. The molecule has 5 rings (SSSR count). The molecule has 1 atom stereocenters. The molecule has 0 saturated carbocycles. The molecular formula is C23H19F3N4O3. The van der Waals surface area contributed by atoms with Crippen LogP contribution in [0.4, 0.5) is 13.2 Å². The van der Waals surface area contributed by atoms with E-state index < -0.39 is 17.8 Å². The van der Waals surface area contributed by atoms with Crippen molar-refractivity contribution in [3.05, 3.63) is 71.9 Å². The van der Waals surface area contributed by atoms with Crippen molar-refractivity contribution in [2.75, 3.05) is 13.7 Å². The first kappa shape index (κ1) is 21.0. The van der Waals surface area contributed by atoms with Gasteiger partial charge in [-0.2, -0.15) is 18.3 Å². The number of amides is 1. The molecule has 0 bridgehead atoms. The molecule has 1 aromatic carbocycles. The number of benzene rings is 1. The topological polar surface area (TPSA) is 72.9 Å². The third-order valence-electron chi connectivity index (χ3n) is 5.69. The Morgan fingerprint density at radius 1 is 1.18 bits per heavy atom. The first-order chi connectivity index (χ1) is 15.8. The molecule has 1 fully saturated rings. The number of rotatable bonds is 4. The van der Waals surface area contributed by atoms with E-state index in [9.17, 15) is 18.0 Å². The molecule has 170 valence electrons. The fraction of sp³-hybridized carbons (Fsp3) is 0.261. The smallest absolute Gasteiger partial charge is 0.433 e. The van der Waals surface area contributed by atoms with Gasteiger partial charge in [0.1, 0.15) is 11.5 Å². The Labute approximate surface area is 186 Å². The maximum absolute atomic E-state index is 13.9. The van der Waals surface area contributed by atoms with Crippen LogP contribution in [0, 0.1) is 0 Å². The summed E-state index contributed by atoms with van der Waals surface area (Å²) in [6.45, 7) is 0.465. The van der Waals surface area contributed by atoms with E-state index in [0.717, 1.165) is 12.5 Å². The Bertz CT molecular complexity index is 1310. The van der Waals surface area contributed by atoms with Crippen LogP contribution >= 0.6 is 0 Å². The summed E-state index contributed by atoms with van der Waals surface area (Å²) in [5.41, 5.74) is -0.640. The zero-order valence-corrected chi connectivity index (χ0v) is 17.5. The standard InChI is InChI=1S/C23H19F3N4O3/c1-32-15-6-2-5-14(11-15)16-12-20(23(24,25)26)30-21(27-16)13-17(28-30)22(31)29-9-3-7-18(29)19-8-4-10-33-19/h2,4-6,8,10-13,18H,3,7,9H2,1H3. The maximum atomic E-state index is 13.9. The van der Waals surface area contributed by atoms with Gasteiger partial charge in [0.25, 0.3) is 5.91 Å². The number of fused-ring (bicyclic) bond motifs is 1. The van der Waals surface area contributed by atoms with E-state index in [4.69, 9.17) is 9.15 Å². The van der Waals surface area contributed by atoms with Crippen molar-refractivity contribution < 1.29 is 27.1 Å². The number of alkyl halides is 3. The predicted octanol–water partition coefficient (Wildman–Crippen LogP) is 4.99. The van der Waals surface area contributed by atoms with E-state index in [-0.39, 0.29) is 23.1 Å². The lowest BCUT2D eigenvalue weighted by atomic mass is 10.1. The van der Waals surface area contributed by atoms with Crippen molar-refractivity contribution in [2.45, 2.75) is 25.1 Å². The molecule has 3 aromatic heterocycles. The molecule has 0 N–H and O–H groups in total. The van der Waals surface area contributed by atoms with Gasteiger partial charge in [0.05, 0.1) is 25.1 Å². The SMILES string of the molecule is COc1cccc(-c2cc(C(F)(F)F)n3nc(C(=O)N4CCCC4c4ccco4)cc3n2)c1. The van der Waals surface area contributed by atoms with E-state index in [1.807, 2.05) is 0 Å². The fourth-order valence-electron chi connectivity index (χ4n) is 4.14. The van der Waals surface area contributed by atoms with Crippen molar-refractivity contribution >= 4 is 11.6 Å². The number of likely N-dealkylation sites (tertiary alicyclic amines) is 1. The summed E-state index contributed by atoms with van der Waals surface area (Å²) in [6, 6.07) is 12.0. The van der Waals surface area contributed by atoms with E-state index >= 15 is 0 Å². The van der Waals surface area contributed by atoms with Gasteiger partial charge in [-0.3, -0.25) is 4.79 Å². The highest BCUT2D eigenvalue weighted by Crippen LogP contribution is 2.35. The molecule has 0 spiro atoms. The number of aromatic nitrogens is 3. The molecule has 1 aliphatic heterocycles. The predicted molar refractivity (Wildman–Crippen MR) is 112 cm³/mol. The minimum absolute atomic E-state index is 0.0697. The number of carbonyl (C=O) groups is 1. The van der Waals surface area contributed by atoms with Gasteiger partial charge in [-0.15, -0.1) is 0 Å². The molecule has 33 heavy (non-hydrogen) atoms. The van der Waals surface area contributed by atoms with Gasteiger partial charge in [0.15, 0.2) is 17.0 Å². The molecule has 0 aliphatic carbocycles. The van der Waals surface area contributed by atoms with Crippen molar-refractivity contribution in [2.24, 2.45) is 0 Å². The number of halogens is 3. The maximum Gasteiger partial charge on any atom is 0.433 e. The molecule has 7 nitrogen and oxygen atoms in total.